The molecule has 2 aromatic carbocycles. The second kappa shape index (κ2) is 7.86. The van der Waals surface area contributed by atoms with Gasteiger partial charge in [-0.2, -0.15) is 0 Å². The molecule has 0 spiro atoms. The Morgan fingerprint density at radius 1 is 1.12 bits per heavy atom. The number of hydrogen-bond acceptors (Lipinski definition) is 3. The Labute approximate surface area is 186 Å². The van der Waals surface area contributed by atoms with E-state index in [0.717, 1.165) is 39.6 Å². The number of aryl methyl sites for hydroxylation is 1. The molecule has 0 fully saturated rings. The van der Waals surface area contributed by atoms with Crippen LogP contribution < -0.4 is 5.69 Å². The fourth-order valence-electron chi connectivity index (χ4n) is 5.09. The van der Waals surface area contributed by atoms with E-state index in [4.69, 9.17) is 4.74 Å². The van der Waals surface area contributed by atoms with Gasteiger partial charge in [-0.05, 0) is 63.8 Å². The monoisotopic (exact) mass is 429 g/mol. The molecule has 1 unspecified atom stereocenters. The minimum Gasteiger partial charge on any atom is -0.463 e. The molecule has 0 aliphatic heterocycles. The summed E-state index contributed by atoms with van der Waals surface area (Å²) in [6.07, 6.45) is 4.16. The molecule has 4 aromatic rings. The lowest BCUT2D eigenvalue weighted by molar-refractivity contribution is -0.138. The maximum atomic E-state index is 13.9. The standard InChI is InChI=1S/C26H27N3O3/c1-4-32-25(30)18-10-8-14-21(18)29-23-13-6-5-12-22(23)28(26(29)31)17(3)19-15-27-20-11-7-9-16(2)24(19)20/h5-7,9,11-13,15,17,27H,4,8,10,14H2,1-3H3. The van der Waals surface area contributed by atoms with Crippen LogP contribution >= 0.6 is 0 Å². The van der Waals surface area contributed by atoms with Gasteiger partial charge in [-0.1, -0.05) is 24.3 Å². The second-order valence-electron chi connectivity index (χ2n) is 8.39. The summed E-state index contributed by atoms with van der Waals surface area (Å²) < 4.78 is 8.86. The number of nitrogens with zero attached hydrogens (tertiary/aromatic N) is 2. The van der Waals surface area contributed by atoms with Gasteiger partial charge in [0.15, 0.2) is 0 Å². The molecule has 2 heterocycles. The molecule has 1 atom stereocenters. The van der Waals surface area contributed by atoms with Crippen LogP contribution in [0.4, 0.5) is 0 Å². The summed E-state index contributed by atoms with van der Waals surface area (Å²) in [5.41, 5.74) is 6.25. The lowest BCUT2D eigenvalue weighted by Crippen LogP contribution is -2.27. The van der Waals surface area contributed by atoms with Crippen LogP contribution in [-0.4, -0.2) is 26.7 Å². The van der Waals surface area contributed by atoms with Gasteiger partial charge in [0, 0.05) is 28.4 Å². The fourth-order valence-corrected chi connectivity index (χ4v) is 5.09. The van der Waals surface area contributed by atoms with Crippen LogP contribution in [0.25, 0.3) is 27.6 Å². The van der Waals surface area contributed by atoms with Crippen molar-refractivity contribution in [3.05, 3.63) is 75.8 Å². The zero-order chi connectivity index (χ0) is 22.4. The molecule has 1 aliphatic rings. The van der Waals surface area contributed by atoms with Crippen molar-refractivity contribution in [1.29, 1.82) is 0 Å². The summed E-state index contributed by atoms with van der Waals surface area (Å²) in [7, 11) is 0. The minimum absolute atomic E-state index is 0.125. The van der Waals surface area contributed by atoms with Crippen LogP contribution in [0.1, 0.15) is 50.3 Å². The molecular formula is C26H27N3O3. The first kappa shape index (κ1) is 20.4. The first-order chi connectivity index (χ1) is 15.5. The molecule has 0 bridgehead atoms. The van der Waals surface area contributed by atoms with Crippen molar-refractivity contribution in [1.82, 2.24) is 14.1 Å². The zero-order valence-corrected chi connectivity index (χ0v) is 18.6. The van der Waals surface area contributed by atoms with E-state index in [1.165, 1.54) is 5.56 Å². The van der Waals surface area contributed by atoms with Gasteiger partial charge in [-0.25, -0.2) is 9.59 Å². The van der Waals surface area contributed by atoms with Gasteiger partial charge in [0.05, 0.1) is 29.3 Å². The average Bonchev–Trinajstić information content (AvgIpc) is 3.49. The number of fused-ring (bicyclic) bond motifs is 2. The van der Waals surface area contributed by atoms with E-state index in [1.54, 1.807) is 11.5 Å². The molecule has 2 aromatic heterocycles. The number of hydrogen-bond donors (Lipinski definition) is 1. The first-order valence-electron chi connectivity index (χ1n) is 11.2. The van der Waals surface area contributed by atoms with Gasteiger partial charge in [0.2, 0.25) is 0 Å². The summed E-state index contributed by atoms with van der Waals surface area (Å²) in [6.45, 7) is 6.27. The van der Waals surface area contributed by atoms with E-state index in [2.05, 4.69) is 31.0 Å². The van der Waals surface area contributed by atoms with E-state index in [-0.39, 0.29) is 17.7 Å². The Morgan fingerprint density at radius 2 is 1.91 bits per heavy atom. The number of benzene rings is 2. The number of aromatic amines is 1. The molecule has 1 aliphatic carbocycles. The smallest absolute Gasteiger partial charge is 0.335 e. The van der Waals surface area contributed by atoms with Crippen LogP contribution in [0.15, 0.2) is 59.0 Å². The molecule has 32 heavy (non-hydrogen) atoms. The molecule has 0 amide bonds. The highest BCUT2D eigenvalue weighted by Gasteiger charge is 2.28. The Bertz CT molecular complexity index is 1430. The van der Waals surface area contributed by atoms with Crippen LogP contribution in [-0.2, 0) is 9.53 Å². The van der Waals surface area contributed by atoms with Crippen LogP contribution in [0.2, 0.25) is 0 Å². The van der Waals surface area contributed by atoms with Gasteiger partial charge >= 0.3 is 11.7 Å². The highest BCUT2D eigenvalue weighted by molar-refractivity contribution is 5.97. The Hall–Kier alpha value is -3.54. The largest absolute Gasteiger partial charge is 0.463 e. The van der Waals surface area contributed by atoms with E-state index < -0.39 is 0 Å². The molecule has 1 N–H and O–H groups in total. The number of H-pyrrole nitrogens is 1. The third-order valence-corrected chi connectivity index (χ3v) is 6.54. The number of carbonyl (C=O) groups excluding carboxylic acids is 1. The summed E-state index contributed by atoms with van der Waals surface area (Å²) in [6, 6.07) is 13.8. The van der Waals surface area contributed by atoms with Gasteiger partial charge in [0.1, 0.15) is 0 Å². The predicted octanol–water partition coefficient (Wildman–Crippen LogP) is 5.16. The first-order valence-corrected chi connectivity index (χ1v) is 11.2. The molecule has 5 rings (SSSR count). The van der Waals surface area contributed by atoms with Crippen molar-refractivity contribution in [2.24, 2.45) is 0 Å². The fraction of sp³-hybridized carbons (Fsp3) is 0.308. The van der Waals surface area contributed by atoms with Crippen LogP contribution in [0.5, 0.6) is 0 Å². The summed E-state index contributed by atoms with van der Waals surface area (Å²) in [5, 5.41) is 1.15. The topological polar surface area (TPSA) is 69.0 Å². The molecule has 6 heteroatoms. The third kappa shape index (κ3) is 3.01. The van der Waals surface area contributed by atoms with Crippen molar-refractivity contribution >= 4 is 33.6 Å². The summed E-state index contributed by atoms with van der Waals surface area (Å²) >= 11 is 0. The number of nitrogens with one attached hydrogen (secondary N) is 1. The maximum absolute atomic E-state index is 13.9. The molecule has 164 valence electrons. The number of imidazole rings is 1. The van der Waals surface area contributed by atoms with E-state index in [1.807, 2.05) is 41.1 Å². The van der Waals surface area contributed by atoms with E-state index in [9.17, 15) is 9.59 Å². The Balaban J connectivity index is 1.74. The third-order valence-electron chi connectivity index (χ3n) is 6.54. The number of rotatable bonds is 5. The molecule has 6 nitrogen and oxygen atoms in total. The Kier molecular flexibility index (Phi) is 5.00. The average molecular weight is 430 g/mol. The Morgan fingerprint density at radius 3 is 2.69 bits per heavy atom. The quantitative estimate of drug-likeness (QED) is 0.446. The van der Waals surface area contributed by atoms with E-state index >= 15 is 0 Å². The highest BCUT2D eigenvalue weighted by atomic mass is 16.5. The minimum atomic E-state index is -0.316. The van der Waals surface area contributed by atoms with Gasteiger partial charge in [-0.3, -0.25) is 9.13 Å². The van der Waals surface area contributed by atoms with Crippen molar-refractivity contribution in [3.63, 3.8) is 0 Å². The molecule has 0 saturated heterocycles. The number of aromatic nitrogens is 3. The highest BCUT2D eigenvalue weighted by Crippen LogP contribution is 2.34. The number of esters is 1. The number of carbonyl (C=O) groups is 1. The lowest BCUT2D eigenvalue weighted by Gasteiger charge is -2.14. The maximum Gasteiger partial charge on any atom is 0.335 e. The van der Waals surface area contributed by atoms with Crippen molar-refractivity contribution < 1.29 is 9.53 Å². The van der Waals surface area contributed by atoms with Gasteiger partial charge < -0.3 is 9.72 Å². The molecule has 0 radical (unpaired) electrons. The van der Waals surface area contributed by atoms with Gasteiger partial charge in [0.25, 0.3) is 0 Å². The van der Waals surface area contributed by atoms with Crippen molar-refractivity contribution in [2.45, 2.75) is 46.1 Å². The normalized spacial score (nSPS) is 15.1. The molecular weight excluding hydrogens is 402 g/mol. The lowest BCUT2D eigenvalue weighted by atomic mass is 10.0. The summed E-state index contributed by atoms with van der Waals surface area (Å²) in [4.78, 5) is 29.8. The number of allylic oxidation sites excluding steroid dienone is 1. The van der Waals surface area contributed by atoms with Crippen LogP contribution in [0, 0.1) is 6.92 Å². The van der Waals surface area contributed by atoms with E-state index in [0.29, 0.717) is 25.0 Å². The second-order valence-corrected chi connectivity index (χ2v) is 8.39. The van der Waals surface area contributed by atoms with Crippen LogP contribution in [0.3, 0.4) is 0 Å². The number of ether oxygens (including phenoxy) is 1. The van der Waals surface area contributed by atoms with Gasteiger partial charge in [-0.15, -0.1) is 0 Å². The number of para-hydroxylation sites is 2. The predicted molar refractivity (Wildman–Crippen MR) is 127 cm³/mol. The van der Waals surface area contributed by atoms with Crippen molar-refractivity contribution in [3.8, 4) is 0 Å². The summed E-state index contributed by atoms with van der Waals surface area (Å²) in [5.74, 6) is -0.316. The molecule has 0 saturated carbocycles. The zero-order valence-electron chi connectivity index (χ0n) is 18.6. The SMILES string of the molecule is CCOC(=O)C1=C(n2c(=O)n(C(C)c3c[nH]c4cccc(C)c34)c3ccccc32)CCC1. The van der Waals surface area contributed by atoms with Crippen molar-refractivity contribution in [2.75, 3.05) is 6.61 Å².